The lowest BCUT2D eigenvalue weighted by Crippen LogP contribution is -2.51. The fourth-order valence-corrected chi connectivity index (χ4v) is 3.18. The van der Waals surface area contributed by atoms with E-state index in [2.05, 4.69) is 15.9 Å². The summed E-state index contributed by atoms with van der Waals surface area (Å²) in [4.78, 5) is 14.4. The third-order valence-electron chi connectivity index (χ3n) is 3.94. The standard InChI is InChI=1S/C15H18BrNO3/c1-11-3-4-12(9-13(11)16)14(18)17-6-2-5-15(10-17)19-7-8-20-15/h3-4,9H,2,5-8,10H2,1H3. The van der Waals surface area contributed by atoms with Gasteiger partial charge in [0.25, 0.3) is 5.91 Å². The van der Waals surface area contributed by atoms with Gasteiger partial charge in [-0.3, -0.25) is 4.79 Å². The van der Waals surface area contributed by atoms with Gasteiger partial charge >= 0.3 is 0 Å². The molecular weight excluding hydrogens is 322 g/mol. The van der Waals surface area contributed by atoms with Crippen LogP contribution in [0.15, 0.2) is 22.7 Å². The SMILES string of the molecule is Cc1ccc(C(=O)N2CCCC3(C2)OCCO3)cc1Br. The molecule has 0 N–H and O–H groups in total. The minimum absolute atomic E-state index is 0.0453. The monoisotopic (exact) mass is 339 g/mol. The number of ether oxygens (including phenoxy) is 2. The van der Waals surface area contributed by atoms with Crippen LogP contribution in [0.1, 0.15) is 28.8 Å². The highest BCUT2D eigenvalue weighted by Crippen LogP contribution is 2.31. The summed E-state index contributed by atoms with van der Waals surface area (Å²) in [6.07, 6.45) is 1.78. The van der Waals surface area contributed by atoms with Gasteiger partial charge in [0.2, 0.25) is 0 Å². The average Bonchev–Trinajstić information content (AvgIpc) is 2.89. The third kappa shape index (κ3) is 2.62. The molecular formula is C15H18BrNO3. The summed E-state index contributed by atoms with van der Waals surface area (Å²) in [5, 5.41) is 0. The molecule has 0 aliphatic carbocycles. The van der Waals surface area contributed by atoms with Crippen molar-refractivity contribution in [3.8, 4) is 0 Å². The van der Waals surface area contributed by atoms with Gasteiger partial charge in [0, 0.05) is 23.0 Å². The predicted octanol–water partition coefficient (Wildman–Crippen LogP) is 2.74. The van der Waals surface area contributed by atoms with Crippen LogP contribution in [0.3, 0.4) is 0 Å². The molecule has 5 heteroatoms. The fourth-order valence-electron chi connectivity index (χ4n) is 2.80. The molecule has 1 aromatic carbocycles. The molecule has 20 heavy (non-hydrogen) atoms. The van der Waals surface area contributed by atoms with Crippen molar-refractivity contribution in [2.24, 2.45) is 0 Å². The molecule has 0 bridgehead atoms. The van der Waals surface area contributed by atoms with Crippen molar-refractivity contribution in [2.45, 2.75) is 25.6 Å². The van der Waals surface area contributed by atoms with E-state index in [0.717, 1.165) is 29.4 Å². The summed E-state index contributed by atoms with van der Waals surface area (Å²) < 4.78 is 12.4. The highest BCUT2D eigenvalue weighted by molar-refractivity contribution is 9.10. The first-order valence-electron chi connectivity index (χ1n) is 6.93. The number of hydrogen-bond donors (Lipinski definition) is 0. The maximum Gasteiger partial charge on any atom is 0.254 e. The smallest absolute Gasteiger partial charge is 0.254 e. The first-order valence-corrected chi connectivity index (χ1v) is 7.72. The Balaban J connectivity index is 1.77. The number of nitrogens with zero attached hydrogens (tertiary/aromatic N) is 1. The topological polar surface area (TPSA) is 38.8 Å². The van der Waals surface area contributed by atoms with Gasteiger partial charge in [-0.2, -0.15) is 0 Å². The van der Waals surface area contributed by atoms with E-state index >= 15 is 0 Å². The molecule has 2 heterocycles. The molecule has 1 amide bonds. The normalized spacial score (nSPS) is 21.4. The maximum absolute atomic E-state index is 12.6. The van der Waals surface area contributed by atoms with Gasteiger partial charge < -0.3 is 14.4 Å². The molecule has 0 aromatic heterocycles. The second-order valence-corrected chi connectivity index (χ2v) is 6.26. The van der Waals surface area contributed by atoms with Crippen LogP contribution in [0.5, 0.6) is 0 Å². The third-order valence-corrected chi connectivity index (χ3v) is 4.79. The zero-order chi connectivity index (χ0) is 14.2. The molecule has 0 radical (unpaired) electrons. The zero-order valence-corrected chi connectivity index (χ0v) is 13.1. The predicted molar refractivity (Wildman–Crippen MR) is 78.7 cm³/mol. The molecule has 2 aliphatic rings. The van der Waals surface area contributed by atoms with Crippen molar-refractivity contribution in [3.05, 3.63) is 33.8 Å². The minimum atomic E-state index is -0.560. The Morgan fingerprint density at radius 1 is 1.35 bits per heavy atom. The summed E-state index contributed by atoms with van der Waals surface area (Å²) in [5.74, 6) is -0.514. The average molecular weight is 340 g/mol. The number of amides is 1. The van der Waals surface area contributed by atoms with Gasteiger partial charge in [-0.25, -0.2) is 0 Å². The molecule has 0 saturated carbocycles. The Hall–Kier alpha value is -0.910. The molecule has 4 nitrogen and oxygen atoms in total. The van der Waals surface area contributed by atoms with E-state index in [4.69, 9.17) is 9.47 Å². The summed E-state index contributed by atoms with van der Waals surface area (Å²) in [6.45, 7) is 4.54. The van der Waals surface area contributed by atoms with Gasteiger partial charge in [0.15, 0.2) is 5.79 Å². The second kappa shape index (κ2) is 5.47. The van der Waals surface area contributed by atoms with Gasteiger partial charge in [-0.15, -0.1) is 0 Å². The number of piperidine rings is 1. The minimum Gasteiger partial charge on any atom is -0.346 e. The summed E-state index contributed by atoms with van der Waals surface area (Å²) in [5.41, 5.74) is 1.83. The molecule has 0 unspecified atom stereocenters. The Bertz CT molecular complexity index is 526. The molecule has 1 aromatic rings. The first-order chi connectivity index (χ1) is 9.60. The van der Waals surface area contributed by atoms with Gasteiger partial charge in [-0.1, -0.05) is 22.0 Å². The van der Waals surface area contributed by atoms with Gasteiger partial charge in [0.05, 0.1) is 19.8 Å². The van der Waals surface area contributed by atoms with Crippen molar-refractivity contribution >= 4 is 21.8 Å². The maximum atomic E-state index is 12.6. The molecule has 2 fully saturated rings. The van der Waals surface area contributed by atoms with E-state index in [1.54, 1.807) is 0 Å². The number of carbonyl (C=O) groups is 1. The molecule has 3 rings (SSSR count). The number of carbonyl (C=O) groups excluding carboxylic acids is 1. The number of aryl methyl sites for hydroxylation is 1. The van der Waals surface area contributed by atoms with Crippen LogP contribution in [0.25, 0.3) is 0 Å². The number of rotatable bonds is 1. The van der Waals surface area contributed by atoms with Crippen LogP contribution in [0.4, 0.5) is 0 Å². The Kier molecular flexibility index (Phi) is 3.84. The second-order valence-electron chi connectivity index (χ2n) is 5.40. The lowest BCUT2D eigenvalue weighted by atomic mass is 10.0. The van der Waals surface area contributed by atoms with Crippen LogP contribution in [0, 0.1) is 6.92 Å². The van der Waals surface area contributed by atoms with Crippen LogP contribution in [-0.4, -0.2) is 42.9 Å². The summed E-state index contributed by atoms with van der Waals surface area (Å²) in [6, 6.07) is 5.72. The van der Waals surface area contributed by atoms with Gasteiger partial charge in [0.1, 0.15) is 0 Å². The number of halogens is 1. The highest BCUT2D eigenvalue weighted by Gasteiger charge is 2.42. The molecule has 2 saturated heterocycles. The van der Waals surface area contributed by atoms with Crippen molar-refractivity contribution in [3.63, 3.8) is 0 Å². The van der Waals surface area contributed by atoms with Crippen LogP contribution in [0.2, 0.25) is 0 Å². The van der Waals surface area contributed by atoms with E-state index in [-0.39, 0.29) is 5.91 Å². The zero-order valence-electron chi connectivity index (χ0n) is 11.5. The number of benzene rings is 1. The van der Waals surface area contributed by atoms with Crippen molar-refractivity contribution < 1.29 is 14.3 Å². The lowest BCUT2D eigenvalue weighted by Gasteiger charge is -2.38. The highest BCUT2D eigenvalue weighted by atomic mass is 79.9. The lowest BCUT2D eigenvalue weighted by molar-refractivity contribution is -0.183. The van der Waals surface area contributed by atoms with E-state index in [1.165, 1.54) is 0 Å². The van der Waals surface area contributed by atoms with Crippen molar-refractivity contribution in [2.75, 3.05) is 26.3 Å². The van der Waals surface area contributed by atoms with Crippen LogP contribution < -0.4 is 0 Å². The van der Waals surface area contributed by atoms with Gasteiger partial charge in [-0.05, 0) is 31.0 Å². The Labute approximate surface area is 127 Å². The first kappa shape index (κ1) is 14.0. The molecule has 0 atom stereocenters. The summed E-state index contributed by atoms with van der Waals surface area (Å²) in [7, 11) is 0. The van der Waals surface area contributed by atoms with E-state index in [9.17, 15) is 4.79 Å². The summed E-state index contributed by atoms with van der Waals surface area (Å²) >= 11 is 3.48. The van der Waals surface area contributed by atoms with Crippen molar-refractivity contribution in [1.82, 2.24) is 4.90 Å². The molecule has 108 valence electrons. The quantitative estimate of drug-likeness (QED) is 0.789. The van der Waals surface area contributed by atoms with E-state index in [1.807, 2.05) is 30.0 Å². The van der Waals surface area contributed by atoms with Crippen LogP contribution >= 0.6 is 15.9 Å². The largest absolute Gasteiger partial charge is 0.346 e. The number of likely N-dealkylation sites (tertiary alicyclic amines) is 1. The fraction of sp³-hybridized carbons (Fsp3) is 0.533. The van der Waals surface area contributed by atoms with E-state index in [0.29, 0.717) is 25.3 Å². The number of hydrogen-bond acceptors (Lipinski definition) is 3. The Morgan fingerprint density at radius 2 is 2.10 bits per heavy atom. The van der Waals surface area contributed by atoms with Crippen molar-refractivity contribution in [1.29, 1.82) is 0 Å². The molecule has 1 spiro atoms. The van der Waals surface area contributed by atoms with Crippen LogP contribution in [-0.2, 0) is 9.47 Å². The Morgan fingerprint density at radius 3 is 2.80 bits per heavy atom. The molecule has 2 aliphatic heterocycles. The van der Waals surface area contributed by atoms with E-state index < -0.39 is 5.79 Å².